The third-order valence-corrected chi connectivity index (χ3v) is 9.28. The third-order valence-electron chi connectivity index (χ3n) is 7.16. The van der Waals surface area contributed by atoms with Gasteiger partial charge in [-0.25, -0.2) is 21.2 Å². The van der Waals surface area contributed by atoms with Crippen molar-refractivity contribution < 1.29 is 27.1 Å². The molecule has 2 aliphatic rings. The Labute approximate surface area is 208 Å². The van der Waals surface area contributed by atoms with E-state index >= 15 is 4.39 Å². The maximum atomic E-state index is 15.4. The lowest BCUT2D eigenvalue weighted by atomic mass is 9.87. The Bertz CT molecular complexity index is 1490. The lowest BCUT2D eigenvalue weighted by Crippen LogP contribution is -2.36. The van der Waals surface area contributed by atoms with Crippen molar-refractivity contribution in [2.45, 2.75) is 58.1 Å². The van der Waals surface area contributed by atoms with Crippen molar-refractivity contribution in [3.8, 4) is 11.1 Å². The first-order valence-electron chi connectivity index (χ1n) is 12.0. The summed E-state index contributed by atoms with van der Waals surface area (Å²) in [5.41, 5.74) is 6.37. The van der Waals surface area contributed by atoms with Crippen LogP contribution in [-0.2, 0) is 16.4 Å². The molecule has 1 amide bonds. The summed E-state index contributed by atoms with van der Waals surface area (Å²) in [4.78, 5) is 12.2. The average Bonchev–Trinajstić information content (AvgIpc) is 3.06. The van der Waals surface area contributed by atoms with Crippen LogP contribution in [0.5, 0.6) is 0 Å². The van der Waals surface area contributed by atoms with Gasteiger partial charge in [-0.15, -0.1) is 0 Å². The van der Waals surface area contributed by atoms with Crippen LogP contribution in [0.4, 0.5) is 14.5 Å². The summed E-state index contributed by atoms with van der Waals surface area (Å²) in [6.45, 7) is 3.69. The number of fused-ring (bicyclic) bond motifs is 3. The molecule has 36 heavy (non-hydrogen) atoms. The number of benzene rings is 2. The van der Waals surface area contributed by atoms with Gasteiger partial charge >= 0.3 is 0 Å². The second kappa shape index (κ2) is 8.55. The molecule has 1 saturated carbocycles. The number of nitrogens with zero attached hydrogens (tertiary/aromatic N) is 1. The van der Waals surface area contributed by atoms with E-state index in [-0.39, 0.29) is 34.7 Å². The van der Waals surface area contributed by atoms with E-state index in [0.29, 0.717) is 54.3 Å². The van der Waals surface area contributed by atoms with Gasteiger partial charge in [0.25, 0.3) is 5.91 Å². The molecule has 2 heterocycles. The van der Waals surface area contributed by atoms with E-state index in [1.54, 1.807) is 6.07 Å². The maximum absolute atomic E-state index is 15.4. The molecule has 0 atom stereocenters. The second-order valence-corrected chi connectivity index (χ2v) is 12.6. The number of aliphatic hydroxyl groups excluding tert-OH is 1. The van der Waals surface area contributed by atoms with Crippen LogP contribution in [0.1, 0.15) is 55.6 Å². The highest BCUT2D eigenvalue weighted by Crippen LogP contribution is 2.44. The first kappa shape index (κ1) is 24.7. The van der Waals surface area contributed by atoms with Crippen LogP contribution in [0.3, 0.4) is 0 Å². The first-order valence-corrected chi connectivity index (χ1v) is 13.6. The summed E-state index contributed by atoms with van der Waals surface area (Å²) in [5, 5.41) is 13.5. The van der Waals surface area contributed by atoms with Crippen LogP contribution in [0.15, 0.2) is 30.3 Å². The van der Waals surface area contributed by atoms with Crippen LogP contribution in [0, 0.1) is 17.0 Å². The molecule has 4 N–H and O–H groups in total. The van der Waals surface area contributed by atoms with Gasteiger partial charge in [0.05, 0.1) is 28.6 Å². The van der Waals surface area contributed by atoms with Gasteiger partial charge in [0, 0.05) is 22.7 Å². The monoisotopic (exact) mass is 517 g/mol. The third kappa shape index (κ3) is 4.26. The van der Waals surface area contributed by atoms with E-state index in [0.717, 1.165) is 0 Å². The fraction of sp³-hybridized carbons (Fsp3) is 0.423. The number of amides is 1. The minimum Gasteiger partial charge on any atom is -0.393 e. The molecule has 10 heteroatoms. The summed E-state index contributed by atoms with van der Waals surface area (Å²) < 4.78 is 57.4. The molecular weight excluding hydrogens is 488 g/mol. The minimum absolute atomic E-state index is 0.0887. The molecule has 7 nitrogen and oxygen atoms in total. The number of halogens is 2. The summed E-state index contributed by atoms with van der Waals surface area (Å²) in [5.74, 6) is -2.44. The van der Waals surface area contributed by atoms with E-state index in [1.807, 2.05) is 13.8 Å². The standard InChI is InChI=1S/C26H29F2N3O4S/c1-26(2)12-22-23(18-8-3-15(27)11-21(18)31(22)36(34,35)13-26)14-9-19(28)24(25(29)33)20(10-14)30-16-4-6-17(32)7-5-16/h3,8-11,16-17,30,32H,4-7,12-13H2,1-2H3,(H2,29,33). The zero-order chi connectivity index (χ0) is 26.0. The van der Waals surface area contributed by atoms with E-state index < -0.39 is 33.0 Å². The van der Waals surface area contributed by atoms with Gasteiger partial charge in [0.2, 0.25) is 10.0 Å². The second-order valence-electron chi connectivity index (χ2n) is 10.7. The molecule has 5 rings (SSSR count). The van der Waals surface area contributed by atoms with E-state index in [9.17, 15) is 22.7 Å². The summed E-state index contributed by atoms with van der Waals surface area (Å²) >= 11 is 0. The van der Waals surface area contributed by atoms with Crippen molar-refractivity contribution in [3.05, 3.63) is 53.2 Å². The van der Waals surface area contributed by atoms with Gasteiger partial charge in [0.1, 0.15) is 11.6 Å². The highest BCUT2D eigenvalue weighted by Gasteiger charge is 2.39. The molecule has 1 aliphatic carbocycles. The Morgan fingerprint density at radius 2 is 1.83 bits per heavy atom. The molecule has 0 unspecified atom stereocenters. The van der Waals surface area contributed by atoms with E-state index in [4.69, 9.17) is 5.73 Å². The largest absolute Gasteiger partial charge is 0.393 e. The van der Waals surface area contributed by atoms with Crippen molar-refractivity contribution in [3.63, 3.8) is 0 Å². The zero-order valence-electron chi connectivity index (χ0n) is 20.1. The first-order chi connectivity index (χ1) is 16.9. The number of aliphatic hydroxyl groups is 1. The van der Waals surface area contributed by atoms with Crippen molar-refractivity contribution in [1.82, 2.24) is 3.97 Å². The number of aromatic nitrogens is 1. The molecule has 192 valence electrons. The summed E-state index contributed by atoms with van der Waals surface area (Å²) in [7, 11) is -3.81. The maximum Gasteiger partial charge on any atom is 0.253 e. The molecule has 1 aromatic heterocycles. The Hall–Kier alpha value is -2.98. The van der Waals surface area contributed by atoms with Crippen LogP contribution in [0.2, 0.25) is 0 Å². The van der Waals surface area contributed by atoms with Crippen LogP contribution in [0.25, 0.3) is 22.0 Å². The Balaban J connectivity index is 1.74. The molecule has 0 bridgehead atoms. The number of hydrogen-bond acceptors (Lipinski definition) is 5. The Morgan fingerprint density at radius 1 is 1.14 bits per heavy atom. The number of primary amides is 1. The number of hydrogen-bond donors (Lipinski definition) is 3. The number of nitrogens with two attached hydrogens (primary N) is 1. The van der Waals surface area contributed by atoms with Gasteiger partial charge in [-0.3, -0.25) is 4.79 Å². The number of carbonyl (C=O) groups is 1. The van der Waals surface area contributed by atoms with Crippen LogP contribution in [-0.4, -0.2) is 41.3 Å². The molecule has 1 fully saturated rings. The Morgan fingerprint density at radius 3 is 2.50 bits per heavy atom. The lowest BCUT2D eigenvalue weighted by molar-refractivity contribution is 0.0996. The van der Waals surface area contributed by atoms with Gasteiger partial charge < -0.3 is 16.2 Å². The van der Waals surface area contributed by atoms with Crippen molar-refractivity contribution in [2.24, 2.45) is 11.1 Å². The molecule has 0 spiro atoms. The number of anilines is 1. The lowest BCUT2D eigenvalue weighted by Gasteiger charge is -2.31. The highest BCUT2D eigenvalue weighted by molar-refractivity contribution is 7.90. The topological polar surface area (TPSA) is 114 Å². The van der Waals surface area contributed by atoms with Gasteiger partial charge in [-0.2, -0.15) is 0 Å². The fourth-order valence-corrected chi connectivity index (χ4v) is 7.87. The number of nitrogens with one attached hydrogen (secondary N) is 1. The fourth-order valence-electron chi connectivity index (χ4n) is 5.70. The number of carbonyl (C=O) groups excluding carboxylic acids is 1. The predicted octanol–water partition coefficient (Wildman–Crippen LogP) is 4.16. The van der Waals surface area contributed by atoms with Gasteiger partial charge in [-0.1, -0.05) is 13.8 Å². The smallest absolute Gasteiger partial charge is 0.253 e. The predicted molar refractivity (Wildman–Crippen MR) is 134 cm³/mol. The van der Waals surface area contributed by atoms with Gasteiger partial charge in [-0.05, 0) is 73.4 Å². The van der Waals surface area contributed by atoms with Gasteiger partial charge in [0.15, 0.2) is 0 Å². The summed E-state index contributed by atoms with van der Waals surface area (Å²) in [6.07, 6.45) is 2.44. The molecule has 0 radical (unpaired) electrons. The van der Waals surface area contributed by atoms with Crippen LogP contribution >= 0.6 is 0 Å². The zero-order valence-corrected chi connectivity index (χ0v) is 21.0. The van der Waals surface area contributed by atoms with E-state index in [1.165, 1.54) is 28.2 Å². The quantitative estimate of drug-likeness (QED) is 0.481. The molecule has 2 aromatic carbocycles. The van der Waals surface area contributed by atoms with Crippen LogP contribution < -0.4 is 11.1 Å². The minimum atomic E-state index is -3.81. The van der Waals surface area contributed by atoms with Crippen molar-refractivity contribution >= 4 is 32.5 Å². The average molecular weight is 518 g/mol. The molecular formula is C26H29F2N3O4S. The molecule has 0 saturated heterocycles. The van der Waals surface area contributed by atoms with Crippen molar-refractivity contribution in [2.75, 3.05) is 11.1 Å². The number of rotatable bonds is 4. The SMILES string of the molecule is CC1(C)Cc2c(-c3cc(F)c(C(N)=O)c(NC4CCC(O)CC4)c3)c3ccc(F)cc3n2S(=O)(=O)C1. The van der Waals surface area contributed by atoms with Crippen molar-refractivity contribution in [1.29, 1.82) is 0 Å². The summed E-state index contributed by atoms with van der Waals surface area (Å²) in [6, 6.07) is 6.64. The molecule has 3 aromatic rings. The van der Waals surface area contributed by atoms with E-state index in [2.05, 4.69) is 5.32 Å². The Kier molecular flexibility index (Phi) is 5.87. The molecule has 1 aliphatic heterocycles. The highest BCUT2D eigenvalue weighted by atomic mass is 32.2. The normalized spacial score (nSPS) is 22.8.